The molecule has 0 amide bonds. The molecule has 1 aromatic rings. The van der Waals surface area contributed by atoms with E-state index in [0.717, 1.165) is 62.0 Å². The molecule has 0 saturated carbocycles. The lowest BCUT2D eigenvalue weighted by Gasteiger charge is -2.36. The maximum Gasteiger partial charge on any atom is 0.169 e. The van der Waals surface area contributed by atoms with Gasteiger partial charge in [0.15, 0.2) is 6.17 Å². The summed E-state index contributed by atoms with van der Waals surface area (Å²) in [6, 6.07) is 10.6. The smallest absolute Gasteiger partial charge is 0.169 e. The van der Waals surface area contributed by atoms with E-state index in [4.69, 9.17) is 14.5 Å². The van der Waals surface area contributed by atoms with Crippen molar-refractivity contribution in [3.63, 3.8) is 0 Å². The van der Waals surface area contributed by atoms with E-state index in [0.29, 0.717) is 18.4 Å². The first-order valence-electron chi connectivity index (χ1n) is 14.9. The molecule has 3 aliphatic heterocycles. The molecule has 4 aliphatic rings. The second-order valence-corrected chi connectivity index (χ2v) is 12.4. The summed E-state index contributed by atoms with van der Waals surface area (Å²) in [7, 11) is 0. The maximum absolute atomic E-state index is 10.2. The number of allylic oxidation sites excluding steroid dienone is 1. The Labute approximate surface area is 248 Å². The molecule has 224 valence electrons. The summed E-state index contributed by atoms with van der Waals surface area (Å²) in [4.78, 5) is 16.4. The number of aliphatic hydroxyl groups is 1. The van der Waals surface area contributed by atoms with Gasteiger partial charge in [0, 0.05) is 36.5 Å². The molecule has 0 aromatic heterocycles. The fraction of sp³-hybridized carbons (Fsp3) is 0.562. The average molecular weight is 574 g/mol. The van der Waals surface area contributed by atoms with Gasteiger partial charge < -0.3 is 30.1 Å². The van der Waals surface area contributed by atoms with E-state index < -0.39 is 5.60 Å². The predicted molar refractivity (Wildman–Crippen MR) is 166 cm³/mol. The Morgan fingerprint density at radius 1 is 1.24 bits per heavy atom. The molecule has 4 atom stereocenters. The van der Waals surface area contributed by atoms with Gasteiger partial charge in [0.25, 0.3) is 0 Å². The van der Waals surface area contributed by atoms with E-state index in [1.165, 1.54) is 5.69 Å². The van der Waals surface area contributed by atoms with Crippen molar-refractivity contribution in [2.45, 2.75) is 76.4 Å². The summed E-state index contributed by atoms with van der Waals surface area (Å²) in [5, 5.41) is 26.9. The van der Waals surface area contributed by atoms with E-state index in [2.05, 4.69) is 82.7 Å². The zero-order valence-electron chi connectivity index (χ0n) is 25.1. The Morgan fingerprint density at radius 3 is 2.69 bits per heavy atom. The summed E-state index contributed by atoms with van der Waals surface area (Å²) in [5.41, 5.74) is 3.64. The van der Waals surface area contributed by atoms with E-state index in [1.54, 1.807) is 6.34 Å². The first-order valence-corrected chi connectivity index (χ1v) is 14.9. The van der Waals surface area contributed by atoms with Crippen LogP contribution in [0.15, 0.2) is 62.5 Å². The van der Waals surface area contributed by atoms with Crippen LogP contribution in [0.1, 0.15) is 52.5 Å². The summed E-state index contributed by atoms with van der Waals surface area (Å²) in [6.07, 6.45) is 6.84. The highest BCUT2D eigenvalue weighted by atomic mass is 16.5. The first-order chi connectivity index (χ1) is 20.2. The van der Waals surface area contributed by atoms with Gasteiger partial charge in [-0.15, -0.1) is 0 Å². The Hall–Kier alpha value is -3.36. The molecule has 5 rings (SSSR count). The molecular formula is C32H43N7O3. The number of fused-ring (bicyclic) bond motifs is 1. The van der Waals surface area contributed by atoms with Gasteiger partial charge in [-0.05, 0) is 89.4 Å². The van der Waals surface area contributed by atoms with E-state index >= 15 is 0 Å². The second kappa shape index (κ2) is 12.9. The van der Waals surface area contributed by atoms with Gasteiger partial charge >= 0.3 is 0 Å². The second-order valence-electron chi connectivity index (χ2n) is 12.4. The van der Waals surface area contributed by atoms with Crippen molar-refractivity contribution < 1.29 is 14.6 Å². The highest BCUT2D eigenvalue weighted by molar-refractivity contribution is 6.15. The lowest BCUT2D eigenvalue weighted by molar-refractivity contribution is -0.0673. The number of nitrogens with zero attached hydrogens (tertiary/aromatic N) is 5. The van der Waals surface area contributed by atoms with Crippen molar-refractivity contribution in [1.29, 1.82) is 5.26 Å². The molecule has 3 heterocycles. The molecule has 1 aromatic carbocycles. The minimum atomic E-state index is -0.782. The lowest BCUT2D eigenvalue weighted by Crippen LogP contribution is -2.45. The Bertz CT molecular complexity index is 1310. The number of benzene rings is 1. The predicted octanol–water partition coefficient (Wildman–Crippen LogP) is 3.14. The van der Waals surface area contributed by atoms with Gasteiger partial charge in [-0.1, -0.05) is 6.08 Å². The molecule has 42 heavy (non-hydrogen) atoms. The number of aliphatic hydroxyl groups excluding tert-OH is 1. The van der Waals surface area contributed by atoms with Crippen LogP contribution >= 0.6 is 0 Å². The van der Waals surface area contributed by atoms with Crippen molar-refractivity contribution in [1.82, 2.24) is 10.6 Å². The molecule has 1 aliphatic carbocycles. The molecule has 1 saturated heterocycles. The third-order valence-electron chi connectivity index (χ3n) is 8.08. The lowest BCUT2D eigenvalue weighted by atomic mass is 9.83. The third-order valence-corrected chi connectivity index (χ3v) is 8.08. The van der Waals surface area contributed by atoms with Gasteiger partial charge in [0.2, 0.25) is 0 Å². The van der Waals surface area contributed by atoms with Crippen LogP contribution in [0.3, 0.4) is 0 Å². The van der Waals surface area contributed by atoms with Gasteiger partial charge in [-0.2, -0.15) is 5.26 Å². The van der Waals surface area contributed by atoms with Crippen molar-refractivity contribution in [3.8, 4) is 6.07 Å². The average Bonchev–Trinajstić information content (AvgIpc) is 3.42. The number of aliphatic imine (C=N–C) groups is 3. The van der Waals surface area contributed by atoms with Crippen LogP contribution in [0.5, 0.6) is 0 Å². The van der Waals surface area contributed by atoms with Crippen molar-refractivity contribution in [2.24, 2.45) is 15.0 Å². The van der Waals surface area contributed by atoms with Crippen LogP contribution in [0.4, 0.5) is 5.69 Å². The molecule has 0 bridgehead atoms. The number of nitriles is 1. The molecule has 1 fully saturated rings. The summed E-state index contributed by atoms with van der Waals surface area (Å²) in [6.45, 7) is 12.4. The maximum atomic E-state index is 10.2. The standard InChI is InChI=1S/C32H43N7O3/c1-31(2,3)36-13-10-26(11-16-40)42-32(4)12-9-23(19-24(32)20-33)27-28-30(35-21-34-27)38-29(37-28)22-5-7-25(8-6-22)39-14-17-41-18-15-39/h5-9,19,21,26,28,30,36,40H,10-18H2,1-4H3,(H,37,38). The van der Waals surface area contributed by atoms with Crippen LogP contribution in [0.25, 0.3) is 0 Å². The quantitative estimate of drug-likeness (QED) is 0.393. The van der Waals surface area contributed by atoms with Crippen LogP contribution < -0.4 is 15.5 Å². The SMILES string of the molecule is CC(C)(C)NCCC(CCO)OC1(C)CC=C(C2=NC=NC3N=C(c4ccc(N5CCOCC5)cc4)NC23)C=C1C#N. The molecule has 10 nitrogen and oxygen atoms in total. The Kier molecular flexibility index (Phi) is 9.23. The van der Waals surface area contributed by atoms with Crippen LogP contribution in [-0.4, -0.2) is 91.9 Å². The minimum absolute atomic E-state index is 0.0000371. The zero-order chi connectivity index (χ0) is 29.7. The summed E-state index contributed by atoms with van der Waals surface area (Å²) in [5.74, 6) is 0.787. The molecule has 4 unspecified atom stereocenters. The van der Waals surface area contributed by atoms with Crippen molar-refractivity contribution in [2.75, 3.05) is 44.4 Å². The minimum Gasteiger partial charge on any atom is -0.396 e. The molecular weight excluding hydrogens is 530 g/mol. The monoisotopic (exact) mass is 573 g/mol. The van der Waals surface area contributed by atoms with E-state index in [9.17, 15) is 10.4 Å². The number of morpholine rings is 1. The molecule has 0 radical (unpaired) electrons. The number of hydrogen-bond donors (Lipinski definition) is 3. The van der Waals surface area contributed by atoms with Gasteiger partial charge in [-0.3, -0.25) is 0 Å². The van der Waals surface area contributed by atoms with Gasteiger partial charge in [0.1, 0.15) is 23.8 Å². The number of amidine groups is 1. The fourth-order valence-electron chi connectivity index (χ4n) is 5.71. The number of hydrogen-bond acceptors (Lipinski definition) is 10. The number of ether oxygens (including phenoxy) is 2. The topological polar surface area (TPSA) is 127 Å². The van der Waals surface area contributed by atoms with Crippen LogP contribution in [-0.2, 0) is 9.47 Å². The van der Waals surface area contributed by atoms with E-state index in [1.807, 2.05) is 13.0 Å². The normalized spacial score (nSPS) is 26.3. The summed E-state index contributed by atoms with van der Waals surface area (Å²) < 4.78 is 12.0. The van der Waals surface area contributed by atoms with Gasteiger partial charge in [0.05, 0.1) is 36.7 Å². The number of rotatable bonds is 10. The van der Waals surface area contributed by atoms with Crippen LogP contribution in [0, 0.1) is 11.3 Å². The Balaban J connectivity index is 1.26. The zero-order valence-corrected chi connectivity index (χ0v) is 25.1. The molecule has 0 spiro atoms. The fourth-order valence-corrected chi connectivity index (χ4v) is 5.71. The largest absolute Gasteiger partial charge is 0.396 e. The molecule has 10 heteroatoms. The van der Waals surface area contributed by atoms with Crippen molar-refractivity contribution in [3.05, 3.63) is 53.1 Å². The van der Waals surface area contributed by atoms with Crippen molar-refractivity contribution >= 4 is 23.6 Å². The van der Waals surface area contributed by atoms with E-state index in [-0.39, 0.29) is 30.5 Å². The number of anilines is 1. The van der Waals surface area contributed by atoms with Crippen LogP contribution in [0.2, 0.25) is 0 Å². The highest BCUT2D eigenvalue weighted by Crippen LogP contribution is 2.35. The number of nitrogens with one attached hydrogen (secondary N) is 2. The first kappa shape index (κ1) is 30.1. The Morgan fingerprint density at radius 2 is 2.00 bits per heavy atom. The summed E-state index contributed by atoms with van der Waals surface area (Å²) >= 11 is 0. The van der Waals surface area contributed by atoms with Gasteiger partial charge in [-0.25, -0.2) is 15.0 Å². The third kappa shape index (κ3) is 6.98. The molecule has 3 N–H and O–H groups in total. The highest BCUT2D eigenvalue weighted by Gasteiger charge is 2.39.